The predicted octanol–water partition coefficient (Wildman–Crippen LogP) is 0.247. The number of ether oxygens (including phenoxy) is 1. The molecule has 21 heavy (non-hydrogen) atoms. The second-order valence-corrected chi connectivity index (χ2v) is 4.87. The lowest BCUT2D eigenvalue weighted by atomic mass is 10.0. The molecular formula is C15H18N2O4. The van der Waals surface area contributed by atoms with Crippen molar-refractivity contribution in [2.24, 2.45) is 5.73 Å². The summed E-state index contributed by atoms with van der Waals surface area (Å²) >= 11 is 0. The summed E-state index contributed by atoms with van der Waals surface area (Å²) in [6.07, 6.45) is 0.160. The average Bonchev–Trinajstić information content (AvgIpc) is 2.71. The van der Waals surface area contributed by atoms with E-state index in [-0.39, 0.29) is 19.4 Å². The van der Waals surface area contributed by atoms with E-state index in [1.165, 1.54) is 0 Å². The molecule has 2 rings (SSSR count). The minimum atomic E-state index is -0.958. The third-order valence-corrected chi connectivity index (χ3v) is 3.36. The first kappa shape index (κ1) is 15.2. The van der Waals surface area contributed by atoms with Gasteiger partial charge in [-0.05, 0) is 12.5 Å². The molecule has 2 N–H and O–H groups in total. The van der Waals surface area contributed by atoms with Crippen LogP contribution >= 0.6 is 0 Å². The fraction of sp³-hybridized carbons (Fsp3) is 0.400. The first-order chi connectivity index (χ1) is 10.0. The molecule has 1 fully saturated rings. The van der Waals surface area contributed by atoms with E-state index in [4.69, 9.17) is 10.5 Å². The van der Waals surface area contributed by atoms with Crippen molar-refractivity contribution in [2.75, 3.05) is 6.61 Å². The third-order valence-electron chi connectivity index (χ3n) is 3.36. The Morgan fingerprint density at radius 1 is 1.38 bits per heavy atom. The molecule has 0 radical (unpaired) electrons. The molecule has 1 aromatic rings. The number of nitrogens with two attached hydrogens (primary N) is 1. The Kier molecular flexibility index (Phi) is 4.70. The number of esters is 1. The topological polar surface area (TPSA) is 89.7 Å². The lowest BCUT2D eigenvalue weighted by Crippen LogP contribution is -2.48. The van der Waals surface area contributed by atoms with Crippen LogP contribution in [0.25, 0.3) is 0 Å². The van der Waals surface area contributed by atoms with Gasteiger partial charge in [-0.15, -0.1) is 0 Å². The van der Waals surface area contributed by atoms with Gasteiger partial charge in [0.05, 0.1) is 19.1 Å². The van der Waals surface area contributed by atoms with Gasteiger partial charge in [0, 0.05) is 6.42 Å². The molecule has 2 amide bonds. The number of nitrogens with zero attached hydrogens (tertiary/aromatic N) is 1. The smallest absolute Gasteiger partial charge is 0.329 e. The van der Waals surface area contributed by atoms with Crippen molar-refractivity contribution in [1.82, 2.24) is 4.90 Å². The zero-order chi connectivity index (χ0) is 15.4. The Morgan fingerprint density at radius 2 is 2.05 bits per heavy atom. The van der Waals surface area contributed by atoms with Gasteiger partial charge in [-0.25, -0.2) is 4.79 Å². The highest BCUT2D eigenvalue weighted by Gasteiger charge is 2.43. The average molecular weight is 290 g/mol. The minimum Gasteiger partial charge on any atom is -0.464 e. The SMILES string of the molecule is CCOC(=O)C(Cc1ccccc1)N1C(=O)CC(N)C1=O. The summed E-state index contributed by atoms with van der Waals surface area (Å²) in [6, 6.07) is 7.35. The van der Waals surface area contributed by atoms with Crippen molar-refractivity contribution >= 4 is 17.8 Å². The summed E-state index contributed by atoms with van der Waals surface area (Å²) in [5, 5.41) is 0. The maximum absolute atomic E-state index is 12.1. The summed E-state index contributed by atoms with van der Waals surface area (Å²) < 4.78 is 4.99. The number of likely N-dealkylation sites (tertiary alicyclic amines) is 1. The van der Waals surface area contributed by atoms with E-state index in [9.17, 15) is 14.4 Å². The van der Waals surface area contributed by atoms with E-state index in [1.54, 1.807) is 6.92 Å². The summed E-state index contributed by atoms with van der Waals surface area (Å²) in [5.41, 5.74) is 6.44. The Balaban J connectivity index is 2.26. The van der Waals surface area contributed by atoms with Crippen molar-refractivity contribution in [1.29, 1.82) is 0 Å². The molecule has 1 heterocycles. The number of imide groups is 1. The molecule has 0 aliphatic carbocycles. The van der Waals surface area contributed by atoms with Gasteiger partial charge >= 0.3 is 5.97 Å². The summed E-state index contributed by atoms with van der Waals surface area (Å²) in [7, 11) is 0. The first-order valence-electron chi connectivity index (χ1n) is 6.86. The van der Waals surface area contributed by atoms with Crippen LogP contribution in [0.5, 0.6) is 0 Å². The lowest BCUT2D eigenvalue weighted by molar-refractivity contribution is -0.158. The van der Waals surface area contributed by atoms with E-state index >= 15 is 0 Å². The van der Waals surface area contributed by atoms with Crippen LogP contribution in [0.4, 0.5) is 0 Å². The van der Waals surface area contributed by atoms with E-state index in [1.807, 2.05) is 30.3 Å². The van der Waals surface area contributed by atoms with Crippen LogP contribution in [-0.2, 0) is 25.5 Å². The normalized spacial score (nSPS) is 19.7. The molecule has 1 aliphatic rings. The number of carbonyl (C=O) groups is 3. The predicted molar refractivity (Wildman–Crippen MR) is 75.0 cm³/mol. The van der Waals surface area contributed by atoms with Crippen molar-refractivity contribution in [3.05, 3.63) is 35.9 Å². The van der Waals surface area contributed by atoms with Gasteiger partial charge in [-0.2, -0.15) is 0 Å². The monoisotopic (exact) mass is 290 g/mol. The Labute approximate surface area is 122 Å². The van der Waals surface area contributed by atoms with Gasteiger partial charge in [-0.1, -0.05) is 30.3 Å². The molecule has 2 atom stereocenters. The van der Waals surface area contributed by atoms with Gasteiger partial charge < -0.3 is 10.5 Å². The van der Waals surface area contributed by atoms with Crippen molar-refractivity contribution < 1.29 is 19.1 Å². The standard InChI is InChI=1S/C15H18N2O4/c1-2-21-15(20)12(8-10-6-4-3-5-7-10)17-13(18)9-11(16)14(17)19/h3-7,11-12H,2,8-9,16H2,1H3. The van der Waals surface area contributed by atoms with Gasteiger partial charge in [0.1, 0.15) is 6.04 Å². The van der Waals surface area contributed by atoms with E-state index in [2.05, 4.69) is 0 Å². The molecule has 0 bridgehead atoms. The quantitative estimate of drug-likeness (QED) is 0.620. The zero-order valence-corrected chi connectivity index (χ0v) is 11.8. The second-order valence-electron chi connectivity index (χ2n) is 4.87. The highest BCUT2D eigenvalue weighted by molar-refractivity contribution is 6.08. The number of carbonyl (C=O) groups excluding carboxylic acids is 3. The van der Waals surface area contributed by atoms with Gasteiger partial charge in [0.15, 0.2) is 0 Å². The summed E-state index contributed by atoms with van der Waals surface area (Å²) in [4.78, 5) is 37.1. The molecule has 2 unspecified atom stereocenters. The number of rotatable bonds is 5. The van der Waals surface area contributed by atoms with Gasteiger partial charge in [0.25, 0.3) is 0 Å². The van der Waals surface area contributed by atoms with Crippen LogP contribution in [0.3, 0.4) is 0 Å². The molecule has 0 aromatic heterocycles. The van der Waals surface area contributed by atoms with Gasteiger partial charge in [-0.3, -0.25) is 14.5 Å². The van der Waals surface area contributed by atoms with Gasteiger partial charge in [0.2, 0.25) is 11.8 Å². The fourth-order valence-electron chi connectivity index (χ4n) is 2.36. The minimum absolute atomic E-state index is 0.0659. The highest BCUT2D eigenvalue weighted by atomic mass is 16.5. The van der Waals surface area contributed by atoms with E-state index in [0.29, 0.717) is 0 Å². The molecule has 6 heteroatoms. The Bertz CT molecular complexity index is 544. The van der Waals surface area contributed by atoms with Crippen LogP contribution in [0, 0.1) is 0 Å². The van der Waals surface area contributed by atoms with Crippen LogP contribution in [0.15, 0.2) is 30.3 Å². The van der Waals surface area contributed by atoms with Crippen LogP contribution in [-0.4, -0.2) is 41.4 Å². The molecule has 1 aromatic carbocycles. The fourth-order valence-corrected chi connectivity index (χ4v) is 2.36. The maximum Gasteiger partial charge on any atom is 0.329 e. The molecule has 6 nitrogen and oxygen atoms in total. The lowest BCUT2D eigenvalue weighted by Gasteiger charge is -2.24. The molecular weight excluding hydrogens is 272 g/mol. The number of benzene rings is 1. The number of hydrogen-bond acceptors (Lipinski definition) is 5. The molecule has 0 spiro atoms. The maximum atomic E-state index is 12.1. The third kappa shape index (κ3) is 3.28. The van der Waals surface area contributed by atoms with Crippen molar-refractivity contribution in [3.63, 3.8) is 0 Å². The second kappa shape index (κ2) is 6.49. The number of amides is 2. The van der Waals surface area contributed by atoms with E-state index in [0.717, 1.165) is 10.5 Å². The van der Waals surface area contributed by atoms with Crippen molar-refractivity contribution in [2.45, 2.75) is 31.8 Å². The Morgan fingerprint density at radius 3 is 2.57 bits per heavy atom. The van der Waals surface area contributed by atoms with Crippen LogP contribution < -0.4 is 5.73 Å². The van der Waals surface area contributed by atoms with Crippen molar-refractivity contribution in [3.8, 4) is 0 Å². The Hall–Kier alpha value is -2.21. The first-order valence-corrected chi connectivity index (χ1v) is 6.86. The summed E-state index contributed by atoms with van der Waals surface area (Å²) in [6.45, 7) is 1.86. The molecule has 1 aliphatic heterocycles. The number of hydrogen-bond donors (Lipinski definition) is 1. The molecule has 1 saturated heterocycles. The zero-order valence-electron chi connectivity index (χ0n) is 11.8. The molecule has 112 valence electrons. The van der Waals surface area contributed by atoms with Crippen LogP contribution in [0.2, 0.25) is 0 Å². The molecule has 0 saturated carbocycles. The largest absolute Gasteiger partial charge is 0.464 e. The summed E-state index contributed by atoms with van der Waals surface area (Å²) in [5.74, 6) is -1.53. The highest BCUT2D eigenvalue weighted by Crippen LogP contribution is 2.19. The van der Waals surface area contributed by atoms with E-state index < -0.39 is 29.9 Å². The van der Waals surface area contributed by atoms with Crippen LogP contribution in [0.1, 0.15) is 18.9 Å².